The van der Waals surface area contributed by atoms with E-state index in [4.69, 9.17) is 0 Å². The molecule has 1 aliphatic rings. The van der Waals surface area contributed by atoms with Gasteiger partial charge in [0.25, 0.3) is 5.91 Å². The topological polar surface area (TPSA) is 29.1 Å². The maximum Gasteiger partial charge on any atom is 0.261 e. The van der Waals surface area contributed by atoms with Crippen LogP contribution in [0.1, 0.15) is 28.1 Å². The van der Waals surface area contributed by atoms with Crippen molar-refractivity contribution >= 4 is 44.9 Å². The van der Waals surface area contributed by atoms with E-state index in [1.807, 2.05) is 24.8 Å². The molecular weight excluding hydrogens is 306 g/mol. The zero-order chi connectivity index (χ0) is 11.5. The summed E-state index contributed by atoms with van der Waals surface area (Å²) < 4.78 is 1.05. The van der Waals surface area contributed by atoms with Crippen molar-refractivity contribution in [1.29, 1.82) is 0 Å². The number of carbonyl (C=O) groups is 1. The SMILES string of the molecule is Cc1cc(C(=O)NC2CCCSC2)sc1Br. The molecule has 0 bridgehead atoms. The molecular formula is C11H14BrNOS2. The Morgan fingerprint density at radius 3 is 3.00 bits per heavy atom. The number of amides is 1. The molecule has 1 aliphatic heterocycles. The van der Waals surface area contributed by atoms with E-state index in [2.05, 4.69) is 21.2 Å². The van der Waals surface area contributed by atoms with Crippen molar-refractivity contribution in [3.63, 3.8) is 0 Å². The average Bonchev–Trinajstić information content (AvgIpc) is 2.61. The van der Waals surface area contributed by atoms with Crippen LogP contribution in [0.2, 0.25) is 0 Å². The van der Waals surface area contributed by atoms with Crippen LogP contribution in [0.3, 0.4) is 0 Å². The highest BCUT2D eigenvalue weighted by molar-refractivity contribution is 9.11. The van der Waals surface area contributed by atoms with E-state index in [-0.39, 0.29) is 5.91 Å². The minimum absolute atomic E-state index is 0.0753. The molecule has 0 spiro atoms. The third kappa shape index (κ3) is 3.02. The Morgan fingerprint density at radius 1 is 1.62 bits per heavy atom. The first-order valence-electron chi connectivity index (χ1n) is 5.31. The predicted octanol–water partition coefficient (Wildman–Crippen LogP) is 3.44. The molecule has 16 heavy (non-hydrogen) atoms. The standard InChI is InChI=1S/C11H14BrNOS2/c1-7-5-9(16-10(7)12)11(14)13-8-3-2-4-15-6-8/h5,8H,2-4,6H2,1H3,(H,13,14). The van der Waals surface area contributed by atoms with Gasteiger partial charge in [-0.15, -0.1) is 11.3 Å². The predicted molar refractivity (Wildman–Crippen MR) is 74.6 cm³/mol. The van der Waals surface area contributed by atoms with Gasteiger partial charge in [-0.1, -0.05) is 0 Å². The van der Waals surface area contributed by atoms with Crippen LogP contribution in [-0.2, 0) is 0 Å². The molecule has 1 N–H and O–H groups in total. The number of nitrogens with one attached hydrogen (secondary N) is 1. The Kier molecular flexibility index (Phi) is 4.33. The zero-order valence-corrected chi connectivity index (χ0v) is 12.3. The number of rotatable bonds is 2. The smallest absolute Gasteiger partial charge is 0.261 e. The molecule has 1 fully saturated rings. The van der Waals surface area contributed by atoms with Crippen LogP contribution in [0.25, 0.3) is 0 Å². The molecule has 0 radical (unpaired) electrons. The Morgan fingerprint density at radius 2 is 2.44 bits per heavy atom. The van der Waals surface area contributed by atoms with Crippen LogP contribution in [-0.4, -0.2) is 23.5 Å². The van der Waals surface area contributed by atoms with Crippen molar-refractivity contribution in [3.8, 4) is 0 Å². The average molecular weight is 320 g/mol. The van der Waals surface area contributed by atoms with E-state index < -0.39 is 0 Å². The lowest BCUT2D eigenvalue weighted by Gasteiger charge is -2.22. The second kappa shape index (κ2) is 5.56. The van der Waals surface area contributed by atoms with Gasteiger partial charge in [0.05, 0.1) is 8.66 Å². The molecule has 0 aliphatic carbocycles. The number of aryl methyl sites for hydroxylation is 1. The molecule has 2 nitrogen and oxygen atoms in total. The summed E-state index contributed by atoms with van der Waals surface area (Å²) in [5, 5.41) is 3.11. The van der Waals surface area contributed by atoms with E-state index in [9.17, 15) is 4.79 Å². The first-order valence-corrected chi connectivity index (χ1v) is 8.08. The van der Waals surface area contributed by atoms with Gasteiger partial charge in [-0.05, 0) is 53.1 Å². The lowest BCUT2D eigenvalue weighted by Crippen LogP contribution is -2.37. The van der Waals surface area contributed by atoms with Crippen LogP contribution in [0.15, 0.2) is 9.85 Å². The van der Waals surface area contributed by atoms with Crippen LogP contribution in [0.4, 0.5) is 0 Å². The number of hydrogen-bond acceptors (Lipinski definition) is 3. The first-order chi connectivity index (χ1) is 7.66. The number of thioether (sulfide) groups is 1. The minimum atomic E-state index is 0.0753. The molecule has 0 saturated carbocycles. The molecule has 1 saturated heterocycles. The van der Waals surface area contributed by atoms with E-state index in [0.29, 0.717) is 6.04 Å². The monoisotopic (exact) mass is 319 g/mol. The van der Waals surface area contributed by atoms with Gasteiger partial charge in [-0.2, -0.15) is 11.8 Å². The molecule has 2 rings (SSSR count). The fourth-order valence-electron chi connectivity index (χ4n) is 1.68. The van der Waals surface area contributed by atoms with Gasteiger partial charge >= 0.3 is 0 Å². The van der Waals surface area contributed by atoms with Gasteiger partial charge in [0.15, 0.2) is 0 Å². The van der Waals surface area contributed by atoms with Crippen LogP contribution < -0.4 is 5.32 Å². The molecule has 1 aromatic heterocycles. The third-order valence-corrected chi connectivity index (χ3v) is 5.93. The summed E-state index contributed by atoms with van der Waals surface area (Å²) in [7, 11) is 0. The van der Waals surface area contributed by atoms with Crippen molar-refractivity contribution in [2.45, 2.75) is 25.8 Å². The van der Waals surface area contributed by atoms with Gasteiger partial charge in [0.1, 0.15) is 0 Å². The minimum Gasteiger partial charge on any atom is -0.348 e. The van der Waals surface area contributed by atoms with Gasteiger partial charge in [-0.25, -0.2) is 0 Å². The molecule has 5 heteroatoms. The summed E-state index contributed by atoms with van der Waals surface area (Å²) in [5.74, 6) is 2.36. The Labute approximate surface area is 112 Å². The Bertz CT molecular complexity index is 366. The summed E-state index contributed by atoms with van der Waals surface area (Å²) in [6.45, 7) is 2.01. The summed E-state index contributed by atoms with van der Waals surface area (Å²) in [5.41, 5.74) is 1.13. The summed E-state index contributed by atoms with van der Waals surface area (Å²) in [6, 6.07) is 2.30. The maximum atomic E-state index is 11.9. The Balaban J connectivity index is 1.96. The number of hydrogen-bond donors (Lipinski definition) is 1. The van der Waals surface area contributed by atoms with Gasteiger partial charge < -0.3 is 5.32 Å². The van der Waals surface area contributed by atoms with Crippen molar-refractivity contribution < 1.29 is 4.79 Å². The fraction of sp³-hybridized carbons (Fsp3) is 0.545. The molecule has 1 atom stereocenters. The highest BCUT2D eigenvalue weighted by atomic mass is 79.9. The molecule has 1 unspecified atom stereocenters. The largest absolute Gasteiger partial charge is 0.348 e. The van der Waals surface area contributed by atoms with Crippen molar-refractivity contribution in [2.75, 3.05) is 11.5 Å². The molecule has 0 aromatic carbocycles. The normalized spacial score (nSPS) is 20.8. The van der Waals surface area contributed by atoms with E-state index in [1.165, 1.54) is 23.5 Å². The second-order valence-corrected chi connectivity index (χ2v) is 7.47. The molecule has 2 heterocycles. The lowest BCUT2D eigenvalue weighted by molar-refractivity contribution is 0.0942. The lowest BCUT2D eigenvalue weighted by atomic mass is 10.2. The van der Waals surface area contributed by atoms with E-state index in [1.54, 1.807) is 0 Å². The van der Waals surface area contributed by atoms with Crippen LogP contribution >= 0.6 is 39.0 Å². The van der Waals surface area contributed by atoms with E-state index >= 15 is 0 Å². The first kappa shape index (κ1) is 12.5. The van der Waals surface area contributed by atoms with Crippen molar-refractivity contribution in [1.82, 2.24) is 5.32 Å². The third-order valence-electron chi connectivity index (χ3n) is 2.58. The highest BCUT2D eigenvalue weighted by Gasteiger charge is 2.18. The fourth-order valence-corrected chi connectivity index (χ4v) is 4.19. The number of halogens is 1. The summed E-state index contributed by atoms with van der Waals surface area (Å²) in [6.07, 6.45) is 2.33. The van der Waals surface area contributed by atoms with Gasteiger partial charge in [0.2, 0.25) is 0 Å². The second-order valence-electron chi connectivity index (χ2n) is 3.95. The molecule has 1 amide bonds. The highest BCUT2D eigenvalue weighted by Crippen LogP contribution is 2.27. The molecule has 1 aromatic rings. The number of carbonyl (C=O) groups excluding carboxylic acids is 1. The van der Waals surface area contributed by atoms with Gasteiger partial charge in [-0.3, -0.25) is 4.79 Å². The van der Waals surface area contributed by atoms with Crippen LogP contribution in [0.5, 0.6) is 0 Å². The summed E-state index contributed by atoms with van der Waals surface area (Å²) in [4.78, 5) is 12.8. The van der Waals surface area contributed by atoms with Crippen molar-refractivity contribution in [2.24, 2.45) is 0 Å². The Hall–Kier alpha value is 0. The van der Waals surface area contributed by atoms with Gasteiger partial charge in [0, 0.05) is 11.8 Å². The van der Waals surface area contributed by atoms with Crippen LogP contribution in [0, 0.1) is 6.92 Å². The molecule has 88 valence electrons. The summed E-state index contributed by atoms with van der Waals surface area (Å²) >= 11 is 6.88. The quantitative estimate of drug-likeness (QED) is 0.904. The number of thiophene rings is 1. The van der Waals surface area contributed by atoms with Crippen molar-refractivity contribution in [3.05, 3.63) is 20.3 Å². The zero-order valence-electron chi connectivity index (χ0n) is 9.09. The maximum absolute atomic E-state index is 11.9. The van der Waals surface area contributed by atoms with E-state index in [0.717, 1.165) is 26.4 Å².